The van der Waals surface area contributed by atoms with Crippen molar-refractivity contribution in [3.05, 3.63) is 59.7 Å². The van der Waals surface area contributed by atoms with Crippen LogP contribution >= 0.6 is 0 Å². The third kappa shape index (κ3) is 4.39. The van der Waals surface area contributed by atoms with Crippen molar-refractivity contribution in [2.45, 2.75) is 51.5 Å². The Kier molecular flexibility index (Phi) is 6.16. The molecule has 2 fully saturated rings. The van der Waals surface area contributed by atoms with E-state index in [0.29, 0.717) is 19.5 Å². The van der Waals surface area contributed by atoms with Crippen LogP contribution in [-0.2, 0) is 27.3 Å². The fourth-order valence-corrected chi connectivity index (χ4v) is 5.54. The molecule has 2 aliphatic heterocycles. The van der Waals surface area contributed by atoms with Gasteiger partial charge in [-0.2, -0.15) is 0 Å². The van der Waals surface area contributed by atoms with Crippen LogP contribution in [0.2, 0.25) is 0 Å². The molecule has 3 amide bonds. The average molecular weight is 446 g/mol. The van der Waals surface area contributed by atoms with Crippen molar-refractivity contribution in [1.82, 2.24) is 5.32 Å². The molecule has 6 nitrogen and oxygen atoms in total. The number of rotatable bonds is 5. The van der Waals surface area contributed by atoms with E-state index in [1.54, 1.807) is 0 Å². The summed E-state index contributed by atoms with van der Waals surface area (Å²) in [4.78, 5) is 42.2. The van der Waals surface area contributed by atoms with Crippen LogP contribution in [0.15, 0.2) is 48.5 Å². The standard InChI is InChI=1S/C27H31N3O3/c31-25-10-5-16-29(25)21-13-11-19(12-14-21)18-28-26(32)22-7-2-3-8-23(22)27(33)30-17-15-20-6-1-4-9-24(20)30/h1,4,6,9,11-14,22-23H,2-3,5,7-8,10,15-18H2,(H,28,32)/t22-,23+/m0/s1. The van der Waals surface area contributed by atoms with Gasteiger partial charge >= 0.3 is 0 Å². The summed E-state index contributed by atoms with van der Waals surface area (Å²) >= 11 is 0. The summed E-state index contributed by atoms with van der Waals surface area (Å²) < 4.78 is 0. The lowest BCUT2D eigenvalue weighted by Gasteiger charge is -2.32. The SMILES string of the molecule is O=C(NCc1ccc(N2CCCC2=O)cc1)[C@H]1CCCC[C@H]1C(=O)N1CCc2ccccc21. The van der Waals surface area contributed by atoms with Gasteiger partial charge in [-0.1, -0.05) is 43.2 Å². The van der Waals surface area contributed by atoms with Crippen molar-refractivity contribution in [1.29, 1.82) is 0 Å². The molecular formula is C27H31N3O3. The van der Waals surface area contributed by atoms with E-state index in [9.17, 15) is 14.4 Å². The molecular weight excluding hydrogens is 414 g/mol. The maximum absolute atomic E-state index is 13.5. The first-order valence-electron chi connectivity index (χ1n) is 12.2. The van der Waals surface area contributed by atoms with Crippen molar-refractivity contribution < 1.29 is 14.4 Å². The van der Waals surface area contributed by atoms with Gasteiger partial charge in [-0.25, -0.2) is 0 Å². The molecule has 1 N–H and O–H groups in total. The smallest absolute Gasteiger partial charge is 0.230 e. The van der Waals surface area contributed by atoms with E-state index in [-0.39, 0.29) is 29.6 Å². The zero-order chi connectivity index (χ0) is 22.8. The van der Waals surface area contributed by atoms with Crippen molar-refractivity contribution in [2.75, 3.05) is 22.9 Å². The Morgan fingerprint density at radius 2 is 1.64 bits per heavy atom. The molecule has 5 rings (SSSR count). The third-order valence-corrected chi connectivity index (χ3v) is 7.36. The lowest BCUT2D eigenvalue weighted by molar-refractivity contribution is -0.135. The molecule has 0 aromatic heterocycles. The van der Waals surface area contributed by atoms with Crippen LogP contribution in [0.4, 0.5) is 11.4 Å². The monoisotopic (exact) mass is 445 g/mol. The second-order valence-corrected chi connectivity index (χ2v) is 9.40. The molecule has 0 radical (unpaired) electrons. The van der Waals surface area contributed by atoms with Crippen LogP contribution in [-0.4, -0.2) is 30.8 Å². The highest BCUT2D eigenvalue weighted by Gasteiger charge is 2.39. The van der Waals surface area contributed by atoms with Gasteiger partial charge in [0.1, 0.15) is 0 Å². The fourth-order valence-electron chi connectivity index (χ4n) is 5.54. The van der Waals surface area contributed by atoms with Crippen LogP contribution in [0.25, 0.3) is 0 Å². The lowest BCUT2D eigenvalue weighted by atomic mass is 9.77. The molecule has 172 valence electrons. The summed E-state index contributed by atoms with van der Waals surface area (Å²) in [6.07, 6.45) is 5.90. The summed E-state index contributed by atoms with van der Waals surface area (Å²) in [5.74, 6) is -0.294. The Bertz CT molecular complexity index is 1050. The number of nitrogens with zero attached hydrogens (tertiary/aromatic N) is 2. The molecule has 1 saturated carbocycles. The van der Waals surface area contributed by atoms with E-state index >= 15 is 0 Å². The van der Waals surface area contributed by atoms with Crippen LogP contribution in [0, 0.1) is 11.8 Å². The molecule has 2 atom stereocenters. The maximum atomic E-state index is 13.5. The molecule has 0 unspecified atom stereocenters. The number of carbonyl (C=O) groups excluding carboxylic acids is 3. The van der Waals surface area contributed by atoms with Crippen LogP contribution in [0.3, 0.4) is 0 Å². The van der Waals surface area contributed by atoms with E-state index in [1.807, 2.05) is 52.3 Å². The highest BCUT2D eigenvalue weighted by molar-refractivity contribution is 5.99. The largest absolute Gasteiger partial charge is 0.352 e. The number of para-hydroxylation sites is 1. The number of carbonyl (C=O) groups is 3. The van der Waals surface area contributed by atoms with E-state index in [0.717, 1.165) is 62.0 Å². The van der Waals surface area contributed by atoms with Gasteiger partial charge in [0.25, 0.3) is 0 Å². The normalized spacial score (nSPS) is 22.4. The lowest BCUT2D eigenvalue weighted by Crippen LogP contribution is -2.45. The van der Waals surface area contributed by atoms with Gasteiger partial charge in [0.2, 0.25) is 17.7 Å². The quantitative estimate of drug-likeness (QED) is 0.761. The molecule has 3 aliphatic rings. The second kappa shape index (κ2) is 9.38. The summed E-state index contributed by atoms with van der Waals surface area (Å²) in [5.41, 5.74) is 4.12. The summed E-state index contributed by atoms with van der Waals surface area (Å²) in [5, 5.41) is 3.07. The molecule has 1 saturated heterocycles. The van der Waals surface area contributed by atoms with Gasteiger partial charge in [-0.15, -0.1) is 0 Å². The van der Waals surface area contributed by atoms with E-state index in [2.05, 4.69) is 11.4 Å². The maximum Gasteiger partial charge on any atom is 0.230 e. The number of fused-ring (bicyclic) bond motifs is 1. The number of amides is 3. The first-order chi connectivity index (χ1) is 16.1. The number of hydrogen-bond acceptors (Lipinski definition) is 3. The highest BCUT2D eigenvalue weighted by Crippen LogP contribution is 2.36. The van der Waals surface area contributed by atoms with E-state index in [1.165, 1.54) is 5.56 Å². The summed E-state index contributed by atoms with van der Waals surface area (Å²) in [7, 11) is 0. The molecule has 2 aromatic rings. The minimum Gasteiger partial charge on any atom is -0.352 e. The molecule has 33 heavy (non-hydrogen) atoms. The zero-order valence-corrected chi connectivity index (χ0v) is 19.0. The number of benzene rings is 2. The third-order valence-electron chi connectivity index (χ3n) is 7.36. The summed E-state index contributed by atoms with van der Waals surface area (Å²) in [6.45, 7) is 1.90. The Morgan fingerprint density at radius 1 is 0.879 bits per heavy atom. The topological polar surface area (TPSA) is 69.7 Å². The van der Waals surface area contributed by atoms with E-state index in [4.69, 9.17) is 0 Å². The highest BCUT2D eigenvalue weighted by atomic mass is 16.2. The Labute approximate surface area is 194 Å². The minimum atomic E-state index is -0.277. The second-order valence-electron chi connectivity index (χ2n) is 9.40. The minimum absolute atomic E-state index is 0.0284. The van der Waals surface area contributed by atoms with Gasteiger partial charge in [0.15, 0.2) is 0 Å². The van der Waals surface area contributed by atoms with Crippen LogP contribution in [0.1, 0.15) is 49.7 Å². The molecule has 1 aliphatic carbocycles. The zero-order valence-electron chi connectivity index (χ0n) is 19.0. The first kappa shape index (κ1) is 21.7. The van der Waals surface area contributed by atoms with Crippen molar-refractivity contribution >= 4 is 29.1 Å². The van der Waals surface area contributed by atoms with Crippen molar-refractivity contribution in [2.24, 2.45) is 11.8 Å². The van der Waals surface area contributed by atoms with Crippen molar-refractivity contribution in [3.63, 3.8) is 0 Å². The fraction of sp³-hybridized carbons (Fsp3) is 0.444. The number of nitrogens with one attached hydrogen (secondary N) is 1. The van der Waals surface area contributed by atoms with Crippen LogP contribution in [0.5, 0.6) is 0 Å². The summed E-state index contributed by atoms with van der Waals surface area (Å²) in [6, 6.07) is 15.9. The average Bonchev–Trinajstić information content (AvgIpc) is 3.48. The van der Waals surface area contributed by atoms with Gasteiger partial charge in [0, 0.05) is 43.3 Å². The molecule has 2 heterocycles. The number of anilines is 2. The predicted octanol–water partition coefficient (Wildman–Crippen LogP) is 3.83. The van der Waals surface area contributed by atoms with Gasteiger partial charge in [0.05, 0.1) is 5.92 Å². The van der Waals surface area contributed by atoms with Gasteiger partial charge < -0.3 is 15.1 Å². The van der Waals surface area contributed by atoms with E-state index < -0.39 is 0 Å². The van der Waals surface area contributed by atoms with Crippen molar-refractivity contribution in [3.8, 4) is 0 Å². The van der Waals surface area contributed by atoms with Crippen LogP contribution < -0.4 is 15.1 Å². The first-order valence-corrected chi connectivity index (χ1v) is 12.2. The molecule has 0 spiro atoms. The molecule has 0 bridgehead atoms. The Morgan fingerprint density at radius 3 is 2.39 bits per heavy atom. The molecule has 6 heteroatoms. The molecule has 2 aromatic carbocycles. The number of hydrogen-bond donors (Lipinski definition) is 1. The Hall–Kier alpha value is -3.15. The van der Waals surface area contributed by atoms with Gasteiger partial charge in [-0.3, -0.25) is 14.4 Å². The predicted molar refractivity (Wildman–Crippen MR) is 128 cm³/mol. The Balaban J connectivity index is 1.22. The van der Waals surface area contributed by atoms with Gasteiger partial charge in [-0.05, 0) is 55.0 Å².